The molecular weight excluding hydrogens is 176 g/mol. The second kappa shape index (κ2) is 4.13. The minimum Gasteiger partial charge on any atom is -0.396 e. The van der Waals surface area contributed by atoms with E-state index < -0.39 is 0 Å². The highest BCUT2D eigenvalue weighted by molar-refractivity contribution is 5.08. The Morgan fingerprint density at radius 1 is 1.50 bits per heavy atom. The molecule has 3 nitrogen and oxygen atoms in total. The van der Waals surface area contributed by atoms with E-state index in [0.717, 1.165) is 6.54 Å². The first-order valence-corrected chi connectivity index (χ1v) is 5.08. The van der Waals surface area contributed by atoms with Crippen molar-refractivity contribution in [2.24, 2.45) is 5.41 Å². The van der Waals surface area contributed by atoms with Crippen LogP contribution in [0.25, 0.3) is 0 Å². The molecule has 0 aliphatic carbocycles. The Morgan fingerprint density at radius 2 is 2.14 bits per heavy atom. The maximum Gasteiger partial charge on any atom is 0.0524 e. The molecule has 0 aliphatic rings. The van der Waals surface area contributed by atoms with Gasteiger partial charge in [-0.15, -0.1) is 0 Å². The number of aliphatic hydroxyl groups is 1. The van der Waals surface area contributed by atoms with Crippen LogP contribution in [0.4, 0.5) is 0 Å². The maximum absolute atomic E-state index is 9.13. The summed E-state index contributed by atoms with van der Waals surface area (Å²) in [6.07, 6.45) is 3.96. The lowest BCUT2D eigenvalue weighted by Gasteiger charge is -2.21. The zero-order valence-corrected chi connectivity index (χ0v) is 9.49. The molecule has 0 aliphatic heterocycles. The summed E-state index contributed by atoms with van der Waals surface area (Å²) in [5.74, 6) is 0.515. The fraction of sp³-hybridized carbons (Fsp3) is 0.727. The van der Waals surface area contributed by atoms with Crippen LogP contribution in [-0.4, -0.2) is 21.5 Å². The second-order valence-corrected chi connectivity index (χ2v) is 4.95. The summed E-state index contributed by atoms with van der Waals surface area (Å²) in [6.45, 7) is 9.31. The second-order valence-electron chi connectivity index (χ2n) is 4.95. The van der Waals surface area contributed by atoms with E-state index in [4.69, 9.17) is 5.11 Å². The molecule has 1 N–H and O–H groups in total. The van der Waals surface area contributed by atoms with Crippen LogP contribution in [0.15, 0.2) is 12.4 Å². The Kier molecular flexibility index (Phi) is 3.32. The average molecular weight is 196 g/mol. The Morgan fingerprint density at radius 3 is 2.57 bits per heavy atom. The van der Waals surface area contributed by atoms with E-state index >= 15 is 0 Å². The normalized spacial score (nSPS) is 12.4. The third-order valence-corrected chi connectivity index (χ3v) is 2.34. The van der Waals surface area contributed by atoms with Gasteiger partial charge >= 0.3 is 0 Å². The third kappa shape index (κ3) is 2.84. The monoisotopic (exact) mass is 196 g/mol. The lowest BCUT2D eigenvalue weighted by Crippen LogP contribution is -2.23. The van der Waals surface area contributed by atoms with Gasteiger partial charge in [-0.05, 0) is 11.5 Å². The highest BCUT2D eigenvalue weighted by atomic mass is 16.3. The van der Waals surface area contributed by atoms with Gasteiger partial charge in [-0.25, -0.2) is 0 Å². The summed E-state index contributed by atoms with van der Waals surface area (Å²) in [4.78, 5) is 0. The predicted octanol–water partition coefficient (Wildman–Crippen LogP) is 2.02. The van der Waals surface area contributed by atoms with Crippen molar-refractivity contribution in [3.63, 3.8) is 0 Å². The number of aliphatic hydroxyl groups excluding tert-OH is 1. The van der Waals surface area contributed by atoms with Gasteiger partial charge in [-0.3, -0.25) is 4.68 Å². The molecule has 14 heavy (non-hydrogen) atoms. The van der Waals surface area contributed by atoms with Gasteiger partial charge in [-0.1, -0.05) is 27.7 Å². The molecule has 80 valence electrons. The third-order valence-electron chi connectivity index (χ3n) is 2.34. The molecule has 1 aromatic heterocycles. The number of aromatic nitrogens is 2. The van der Waals surface area contributed by atoms with Crippen molar-refractivity contribution in [1.82, 2.24) is 9.78 Å². The lowest BCUT2D eigenvalue weighted by atomic mass is 9.95. The standard InChI is InChI=1S/C11H20N2O/c1-9(2)10-5-12-13(6-10)7-11(3,4)8-14/h5-6,9,14H,7-8H2,1-4H3. The number of nitrogens with zero attached hydrogens (tertiary/aromatic N) is 2. The molecule has 0 saturated heterocycles. The van der Waals surface area contributed by atoms with Crippen LogP contribution in [0, 0.1) is 5.41 Å². The van der Waals surface area contributed by atoms with Gasteiger partial charge < -0.3 is 5.11 Å². The number of hydrogen-bond acceptors (Lipinski definition) is 2. The van der Waals surface area contributed by atoms with E-state index in [1.807, 2.05) is 24.7 Å². The quantitative estimate of drug-likeness (QED) is 0.800. The van der Waals surface area contributed by atoms with E-state index in [-0.39, 0.29) is 12.0 Å². The highest BCUT2D eigenvalue weighted by Gasteiger charge is 2.17. The number of hydrogen-bond donors (Lipinski definition) is 1. The molecule has 1 aromatic rings. The van der Waals surface area contributed by atoms with Crippen LogP contribution in [0.1, 0.15) is 39.2 Å². The van der Waals surface area contributed by atoms with Crippen LogP contribution >= 0.6 is 0 Å². The highest BCUT2D eigenvalue weighted by Crippen LogP contribution is 2.18. The van der Waals surface area contributed by atoms with Gasteiger partial charge in [0.1, 0.15) is 0 Å². The van der Waals surface area contributed by atoms with Crippen molar-refractivity contribution >= 4 is 0 Å². The summed E-state index contributed by atoms with van der Waals surface area (Å²) >= 11 is 0. The fourth-order valence-corrected chi connectivity index (χ4v) is 1.25. The molecule has 1 rings (SSSR count). The fourth-order valence-electron chi connectivity index (χ4n) is 1.25. The first-order valence-electron chi connectivity index (χ1n) is 5.08. The zero-order chi connectivity index (χ0) is 10.8. The molecule has 1 heterocycles. The van der Waals surface area contributed by atoms with Crippen molar-refractivity contribution in [3.05, 3.63) is 18.0 Å². The largest absolute Gasteiger partial charge is 0.396 e. The predicted molar refractivity (Wildman–Crippen MR) is 57.2 cm³/mol. The first-order chi connectivity index (χ1) is 6.44. The molecule has 0 saturated carbocycles. The van der Waals surface area contributed by atoms with Crippen LogP contribution in [-0.2, 0) is 6.54 Å². The van der Waals surface area contributed by atoms with E-state index in [0.29, 0.717) is 5.92 Å². The molecule has 0 fully saturated rings. The first kappa shape index (κ1) is 11.2. The van der Waals surface area contributed by atoms with Gasteiger partial charge in [0.2, 0.25) is 0 Å². The van der Waals surface area contributed by atoms with Crippen molar-refractivity contribution in [2.75, 3.05) is 6.61 Å². The Hall–Kier alpha value is -0.830. The van der Waals surface area contributed by atoms with Crippen LogP contribution < -0.4 is 0 Å². The molecule has 0 unspecified atom stereocenters. The van der Waals surface area contributed by atoms with Crippen LogP contribution in [0.2, 0.25) is 0 Å². The number of rotatable bonds is 4. The average Bonchev–Trinajstić information content (AvgIpc) is 2.52. The van der Waals surface area contributed by atoms with Gasteiger partial charge in [0.15, 0.2) is 0 Å². The Bertz CT molecular complexity index is 289. The maximum atomic E-state index is 9.13. The molecular formula is C11H20N2O. The smallest absolute Gasteiger partial charge is 0.0524 e. The van der Waals surface area contributed by atoms with Crippen LogP contribution in [0.5, 0.6) is 0 Å². The van der Waals surface area contributed by atoms with Crippen LogP contribution in [0.3, 0.4) is 0 Å². The SMILES string of the molecule is CC(C)c1cnn(CC(C)(C)CO)c1. The van der Waals surface area contributed by atoms with Crippen molar-refractivity contribution < 1.29 is 5.11 Å². The minimum atomic E-state index is -0.0970. The van der Waals surface area contributed by atoms with E-state index in [2.05, 4.69) is 25.1 Å². The van der Waals surface area contributed by atoms with Gasteiger partial charge in [0.25, 0.3) is 0 Å². The summed E-state index contributed by atoms with van der Waals surface area (Å²) in [5, 5.41) is 13.4. The van der Waals surface area contributed by atoms with Gasteiger partial charge in [-0.2, -0.15) is 5.10 Å². The molecule has 3 heteroatoms. The Balaban J connectivity index is 2.69. The summed E-state index contributed by atoms with van der Waals surface area (Å²) in [5.41, 5.74) is 1.15. The van der Waals surface area contributed by atoms with Gasteiger partial charge in [0, 0.05) is 24.8 Å². The molecule has 0 radical (unpaired) electrons. The molecule has 0 spiro atoms. The van der Waals surface area contributed by atoms with Gasteiger partial charge in [0.05, 0.1) is 6.20 Å². The molecule has 0 aromatic carbocycles. The van der Waals surface area contributed by atoms with E-state index in [1.54, 1.807) is 0 Å². The van der Waals surface area contributed by atoms with Crippen molar-refractivity contribution in [1.29, 1.82) is 0 Å². The van der Waals surface area contributed by atoms with E-state index in [9.17, 15) is 0 Å². The lowest BCUT2D eigenvalue weighted by molar-refractivity contribution is 0.136. The van der Waals surface area contributed by atoms with E-state index in [1.165, 1.54) is 5.56 Å². The molecule has 0 atom stereocenters. The minimum absolute atomic E-state index is 0.0970. The van der Waals surface area contributed by atoms with Crippen molar-refractivity contribution in [3.8, 4) is 0 Å². The Labute approximate surface area is 85.8 Å². The summed E-state index contributed by atoms with van der Waals surface area (Å²) < 4.78 is 1.91. The summed E-state index contributed by atoms with van der Waals surface area (Å²) in [6, 6.07) is 0. The molecule has 0 bridgehead atoms. The summed E-state index contributed by atoms with van der Waals surface area (Å²) in [7, 11) is 0. The topological polar surface area (TPSA) is 38.0 Å². The zero-order valence-electron chi connectivity index (χ0n) is 9.49. The van der Waals surface area contributed by atoms with Crippen molar-refractivity contribution in [2.45, 2.75) is 40.2 Å². The molecule has 0 amide bonds.